The maximum atomic E-state index is 13.4. The molecule has 0 aromatic heterocycles. The molecule has 0 heterocycles. The number of rotatable bonds is 7. The minimum absolute atomic E-state index is 0.112. The first-order valence-corrected chi connectivity index (χ1v) is 10.5. The third-order valence-corrected chi connectivity index (χ3v) is 4.98. The topological polar surface area (TPSA) is 88.4 Å². The van der Waals surface area contributed by atoms with Gasteiger partial charge in [0.2, 0.25) is 0 Å². The molecular formula is C25H18BrFN2O4. The van der Waals surface area contributed by atoms with E-state index >= 15 is 0 Å². The minimum atomic E-state index is -0.626. The molecule has 1 amide bonds. The average Bonchev–Trinajstić information content (AvgIpc) is 2.82. The van der Waals surface area contributed by atoms with Gasteiger partial charge in [-0.2, -0.15) is 5.26 Å². The summed E-state index contributed by atoms with van der Waals surface area (Å²) in [5, 5.41) is 12.2. The van der Waals surface area contributed by atoms with Gasteiger partial charge in [-0.3, -0.25) is 4.79 Å². The zero-order valence-electron chi connectivity index (χ0n) is 17.5. The molecule has 0 aliphatic heterocycles. The van der Waals surface area contributed by atoms with Crippen LogP contribution >= 0.6 is 15.9 Å². The summed E-state index contributed by atoms with van der Waals surface area (Å²) in [4.78, 5) is 24.2. The Morgan fingerprint density at radius 2 is 1.88 bits per heavy atom. The second-order valence-electron chi connectivity index (χ2n) is 6.79. The SMILES string of the molecule is COC(=O)c1ccc(NC(=O)/C(C#N)=C/c2cc(Br)ccc2OCc2cccc(F)c2)cc1. The fourth-order valence-corrected chi connectivity index (χ4v) is 3.24. The molecule has 0 aliphatic rings. The van der Waals surface area contributed by atoms with Crippen LogP contribution in [-0.2, 0) is 16.1 Å². The van der Waals surface area contributed by atoms with Gasteiger partial charge in [-0.05, 0) is 66.2 Å². The molecule has 33 heavy (non-hydrogen) atoms. The van der Waals surface area contributed by atoms with Crippen molar-refractivity contribution < 1.29 is 23.5 Å². The number of halogens is 2. The fourth-order valence-electron chi connectivity index (χ4n) is 2.86. The Morgan fingerprint density at radius 3 is 2.55 bits per heavy atom. The largest absolute Gasteiger partial charge is 0.488 e. The lowest BCUT2D eigenvalue weighted by molar-refractivity contribution is -0.112. The maximum absolute atomic E-state index is 13.4. The van der Waals surface area contributed by atoms with Crippen molar-refractivity contribution in [2.45, 2.75) is 6.61 Å². The molecule has 3 aromatic carbocycles. The number of anilines is 1. The average molecular weight is 509 g/mol. The van der Waals surface area contributed by atoms with E-state index in [1.54, 1.807) is 30.3 Å². The second-order valence-corrected chi connectivity index (χ2v) is 7.71. The molecule has 3 aromatic rings. The van der Waals surface area contributed by atoms with Gasteiger partial charge >= 0.3 is 5.97 Å². The van der Waals surface area contributed by atoms with E-state index < -0.39 is 11.9 Å². The molecule has 8 heteroatoms. The smallest absolute Gasteiger partial charge is 0.337 e. The van der Waals surface area contributed by atoms with Gasteiger partial charge in [0.15, 0.2) is 0 Å². The van der Waals surface area contributed by atoms with E-state index in [9.17, 15) is 19.2 Å². The summed E-state index contributed by atoms with van der Waals surface area (Å²) in [6.07, 6.45) is 1.41. The molecule has 166 valence electrons. The zero-order valence-corrected chi connectivity index (χ0v) is 19.1. The van der Waals surface area contributed by atoms with Crippen LogP contribution in [0.4, 0.5) is 10.1 Å². The molecule has 0 aliphatic carbocycles. The lowest BCUT2D eigenvalue weighted by atomic mass is 10.1. The molecule has 6 nitrogen and oxygen atoms in total. The molecule has 0 fully saturated rings. The van der Waals surface area contributed by atoms with Crippen LogP contribution < -0.4 is 10.1 Å². The van der Waals surface area contributed by atoms with Crippen molar-refractivity contribution in [1.29, 1.82) is 5.26 Å². The van der Waals surface area contributed by atoms with Crippen molar-refractivity contribution >= 4 is 39.6 Å². The Labute approximate surface area is 198 Å². The van der Waals surface area contributed by atoms with Gasteiger partial charge in [0.1, 0.15) is 29.8 Å². The monoisotopic (exact) mass is 508 g/mol. The molecule has 0 radical (unpaired) electrons. The number of hydrogen-bond acceptors (Lipinski definition) is 5. The Hall–Kier alpha value is -3.96. The number of nitrogens with one attached hydrogen (secondary N) is 1. The highest BCUT2D eigenvalue weighted by Crippen LogP contribution is 2.27. The Kier molecular flexibility index (Phi) is 7.95. The molecule has 0 spiro atoms. The Balaban J connectivity index is 1.79. The van der Waals surface area contributed by atoms with E-state index in [1.165, 1.54) is 49.6 Å². The molecule has 0 bridgehead atoms. The summed E-state index contributed by atoms with van der Waals surface area (Å²) in [5.74, 6) is -1.06. The highest BCUT2D eigenvalue weighted by molar-refractivity contribution is 9.10. The number of hydrogen-bond donors (Lipinski definition) is 1. The van der Waals surface area contributed by atoms with Crippen molar-refractivity contribution in [3.63, 3.8) is 0 Å². The first kappa shape index (κ1) is 23.7. The van der Waals surface area contributed by atoms with Gasteiger partial charge in [0.25, 0.3) is 5.91 Å². The first-order chi connectivity index (χ1) is 15.9. The van der Waals surface area contributed by atoms with E-state index in [4.69, 9.17) is 4.74 Å². The number of carbonyl (C=O) groups excluding carboxylic acids is 2. The van der Waals surface area contributed by atoms with Crippen molar-refractivity contribution in [1.82, 2.24) is 0 Å². The number of nitrogens with zero attached hydrogens (tertiary/aromatic N) is 1. The van der Waals surface area contributed by atoms with Crippen LogP contribution in [0, 0.1) is 17.1 Å². The normalized spacial score (nSPS) is 10.8. The van der Waals surface area contributed by atoms with Crippen molar-refractivity contribution in [2.24, 2.45) is 0 Å². The molecule has 0 saturated heterocycles. The number of methoxy groups -OCH3 is 1. The third kappa shape index (κ3) is 6.51. The minimum Gasteiger partial charge on any atom is -0.488 e. The maximum Gasteiger partial charge on any atom is 0.337 e. The van der Waals surface area contributed by atoms with Crippen LogP contribution in [0.3, 0.4) is 0 Å². The van der Waals surface area contributed by atoms with Crippen LogP contribution in [0.25, 0.3) is 6.08 Å². The zero-order chi connectivity index (χ0) is 23.8. The van der Waals surface area contributed by atoms with Crippen molar-refractivity contribution in [3.8, 4) is 11.8 Å². The number of nitriles is 1. The molecule has 0 atom stereocenters. The lowest BCUT2D eigenvalue weighted by Gasteiger charge is -2.11. The van der Waals surface area contributed by atoms with Crippen LogP contribution in [-0.4, -0.2) is 19.0 Å². The predicted octanol–water partition coefficient (Wildman–Crippen LogP) is 5.50. The van der Waals surface area contributed by atoms with Gasteiger partial charge in [0.05, 0.1) is 12.7 Å². The number of carbonyl (C=O) groups is 2. The van der Waals surface area contributed by atoms with E-state index in [2.05, 4.69) is 26.0 Å². The number of esters is 1. The lowest BCUT2D eigenvalue weighted by Crippen LogP contribution is -2.13. The highest BCUT2D eigenvalue weighted by atomic mass is 79.9. The summed E-state index contributed by atoms with van der Waals surface area (Å²) in [5.41, 5.74) is 1.72. The summed E-state index contributed by atoms with van der Waals surface area (Å²) in [6, 6.07) is 19.2. The quantitative estimate of drug-likeness (QED) is 0.258. The summed E-state index contributed by atoms with van der Waals surface area (Å²) in [6.45, 7) is 0.112. The van der Waals surface area contributed by atoms with Crippen molar-refractivity contribution in [2.75, 3.05) is 12.4 Å². The molecule has 1 N–H and O–H groups in total. The van der Waals surface area contributed by atoms with Crippen LogP contribution in [0.15, 0.2) is 76.8 Å². The second kappa shape index (κ2) is 11.1. The predicted molar refractivity (Wildman–Crippen MR) is 125 cm³/mol. The van der Waals surface area contributed by atoms with Gasteiger partial charge < -0.3 is 14.8 Å². The van der Waals surface area contributed by atoms with Crippen molar-refractivity contribution in [3.05, 3.63) is 99.3 Å². The van der Waals surface area contributed by atoms with E-state index in [0.29, 0.717) is 28.1 Å². The van der Waals surface area contributed by atoms with E-state index in [1.807, 2.05) is 6.07 Å². The standard InChI is InChI=1S/C25H18BrFN2O4/c1-32-25(31)17-5-8-22(9-6-17)29-24(30)19(14-28)12-18-13-20(26)7-10-23(18)33-15-16-3-2-4-21(27)11-16/h2-13H,15H2,1H3,(H,29,30)/b19-12+. The number of amides is 1. The highest BCUT2D eigenvalue weighted by Gasteiger charge is 2.13. The van der Waals surface area contributed by atoms with Gasteiger partial charge in [-0.15, -0.1) is 0 Å². The molecular weight excluding hydrogens is 491 g/mol. The molecule has 0 saturated carbocycles. The third-order valence-electron chi connectivity index (χ3n) is 4.48. The van der Waals surface area contributed by atoms with Crippen LogP contribution in [0.2, 0.25) is 0 Å². The summed E-state index contributed by atoms with van der Waals surface area (Å²) in [7, 11) is 1.28. The summed E-state index contributed by atoms with van der Waals surface area (Å²) < 4.78 is 24.6. The number of benzene rings is 3. The van der Waals surface area contributed by atoms with E-state index in [0.717, 1.165) is 4.47 Å². The Morgan fingerprint density at radius 1 is 1.12 bits per heavy atom. The van der Waals surface area contributed by atoms with Gasteiger partial charge in [-0.1, -0.05) is 28.1 Å². The molecule has 0 unspecified atom stereocenters. The fraction of sp³-hybridized carbons (Fsp3) is 0.0800. The van der Waals surface area contributed by atoms with Gasteiger partial charge in [0, 0.05) is 15.7 Å². The Bertz CT molecular complexity index is 1250. The number of ether oxygens (including phenoxy) is 2. The van der Waals surface area contributed by atoms with Gasteiger partial charge in [-0.25, -0.2) is 9.18 Å². The first-order valence-electron chi connectivity index (χ1n) is 9.68. The summed E-state index contributed by atoms with van der Waals surface area (Å²) >= 11 is 3.37. The molecule has 3 rings (SSSR count). The van der Waals surface area contributed by atoms with Crippen LogP contribution in [0.5, 0.6) is 5.75 Å². The van der Waals surface area contributed by atoms with E-state index in [-0.39, 0.29) is 18.0 Å². The van der Waals surface area contributed by atoms with Crippen LogP contribution in [0.1, 0.15) is 21.5 Å².